The summed E-state index contributed by atoms with van der Waals surface area (Å²) in [4.78, 5) is 8.18. The number of hydrogen-bond acceptors (Lipinski definition) is 2. The fraction of sp³-hybridized carbons (Fsp3) is 0.0870. The molecule has 0 spiro atoms. The van der Waals surface area contributed by atoms with Gasteiger partial charge in [0.25, 0.3) is 0 Å². The van der Waals surface area contributed by atoms with Gasteiger partial charge in [0, 0.05) is 17.6 Å². The number of para-hydroxylation sites is 1. The molecule has 0 saturated carbocycles. The first-order valence-electron chi connectivity index (χ1n) is 8.58. The molecule has 0 aromatic heterocycles. The maximum atomic E-state index is 4.84. The predicted molar refractivity (Wildman–Crippen MR) is 114 cm³/mol. The molecular weight excluding hydrogens is 336 g/mol. The first-order valence-corrected chi connectivity index (χ1v) is 9.46. The third-order valence-electron chi connectivity index (χ3n) is 3.92. The van der Waals surface area contributed by atoms with E-state index in [0.29, 0.717) is 6.54 Å². The molecule has 26 heavy (non-hydrogen) atoms. The molecule has 0 radical (unpaired) electrons. The topological polar surface area (TPSA) is 15.6 Å². The van der Waals surface area contributed by atoms with Crippen molar-refractivity contribution in [2.75, 3.05) is 11.9 Å². The van der Waals surface area contributed by atoms with Gasteiger partial charge in [0.2, 0.25) is 0 Å². The molecule has 0 heterocycles. The van der Waals surface area contributed by atoms with E-state index >= 15 is 0 Å². The summed E-state index contributed by atoms with van der Waals surface area (Å²) >= 11 is 1.69. The van der Waals surface area contributed by atoms with Gasteiger partial charge in [-0.2, -0.15) is 0 Å². The number of likely N-dealkylation sites (N-methyl/N-ethyl adjacent to an activating group) is 1. The lowest BCUT2D eigenvalue weighted by atomic mass is 10.2. The van der Waals surface area contributed by atoms with Gasteiger partial charge >= 0.3 is 0 Å². The van der Waals surface area contributed by atoms with Crippen LogP contribution in [0.25, 0.3) is 0 Å². The van der Waals surface area contributed by atoms with E-state index < -0.39 is 0 Å². The molecule has 0 aliphatic rings. The summed E-state index contributed by atoms with van der Waals surface area (Å²) in [5.74, 6) is 0.934. The second-order valence-corrected chi connectivity index (χ2v) is 6.77. The van der Waals surface area contributed by atoms with Crippen LogP contribution in [0.1, 0.15) is 5.56 Å². The SMILES string of the molecule is CN(C(C=CSc1ccccc1)=NCc1ccccc1)c1ccccc1. The molecule has 0 unspecified atom stereocenters. The summed E-state index contributed by atoms with van der Waals surface area (Å²) < 4.78 is 0. The monoisotopic (exact) mass is 358 g/mol. The molecular formula is C23H22N2S. The summed E-state index contributed by atoms with van der Waals surface area (Å²) in [5.41, 5.74) is 2.32. The number of nitrogens with zero attached hydrogens (tertiary/aromatic N) is 2. The second-order valence-electron chi connectivity index (χ2n) is 5.79. The standard InChI is InChI=1S/C23H22N2S/c1-25(21-13-7-3-8-14-21)23(24-19-20-11-5-2-6-12-20)17-18-26-22-15-9-4-10-16-22/h2-18H,19H2,1H3. The quantitative estimate of drug-likeness (QED) is 0.304. The Labute approximate surface area is 159 Å². The fourth-order valence-corrected chi connectivity index (χ4v) is 3.14. The summed E-state index contributed by atoms with van der Waals surface area (Å²) in [6.07, 6.45) is 2.08. The second kappa shape index (κ2) is 9.64. The highest BCUT2D eigenvalue weighted by Crippen LogP contribution is 2.19. The van der Waals surface area contributed by atoms with Gasteiger partial charge in [-0.1, -0.05) is 78.5 Å². The van der Waals surface area contributed by atoms with E-state index in [1.807, 2.05) is 42.5 Å². The first kappa shape index (κ1) is 18.0. The Hall–Kier alpha value is -2.78. The fourth-order valence-electron chi connectivity index (χ4n) is 2.48. The van der Waals surface area contributed by atoms with Gasteiger partial charge in [0.1, 0.15) is 5.84 Å². The number of hydrogen-bond donors (Lipinski definition) is 0. The Balaban J connectivity index is 1.78. The summed E-state index contributed by atoms with van der Waals surface area (Å²) in [6.45, 7) is 0.660. The minimum Gasteiger partial charge on any atom is -0.330 e. The maximum absolute atomic E-state index is 4.84. The number of thioether (sulfide) groups is 1. The van der Waals surface area contributed by atoms with E-state index in [1.165, 1.54) is 10.5 Å². The lowest BCUT2D eigenvalue weighted by molar-refractivity contribution is 1.05. The summed E-state index contributed by atoms with van der Waals surface area (Å²) in [7, 11) is 2.05. The van der Waals surface area contributed by atoms with Crippen LogP contribution in [0.3, 0.4) is 0 Å². The Morgan fingerprint density at radius 1 is 0.846 bits per heavy atom. The third-order valence-corrected chi connectivity index (χ3v) is 4.73. The van der Waals surface area contributed by atoms with Crippen LogP contribution < -0.4 is 4.90 Å². The van der Waals surface area contributed by atoms with Crippen LogP contribution in [-0.2, 0) is 6.54 Å². The van der Waals surface area contributed by atoms with Crippen molar-refractivity contribution in [3.63, 3.8) is 0 Å². The molecule has 2 nitrogen and oxygen atoms in total. The van der Waals surface area contributed by atoms with Gasteiger partial charge in [-0.3, -0.25) is 4.99 Å². The predicted octanol–water partition coefficient (Wildman–Crippen LogP) is 6.03. The number of anilines is 1. The number of aliphatic imine (C=N–C) groups is 1. The molecule has 3 rings (SSSR count). The molecule has 0 aliphatic heterocycles. The van der Waals surface area contributed by atoms with Crippen molar-refractivity contribution < 1.29 is 0 Å². The summed E-state index contributed by atoms with van der Waals surface area (Å²) in [5, 5.41) is 2.10. The molecule has 3 aromatic rings. The zero-order valence-electron chi connectivity index (χ0n) is 14.8. The van der Waals surface area contributed by atoms with Crippen LogP contribution >= 0.6 is 11.8 Å². The molecule has 0 N–H and O–H groups in total. The average molecular weight is 359 g/mol. The molecule has 0 bridgehead atoms. The maximum Gasteiger partial charge on any atom is 0.128 e. The normalized spacial score (nSPS) is 11.7. The van der Waals surface area contributed by atoms with Gasteiger partial charge in [-0.05, 0) is 41.3 Å². The molecule has 3 heteroatoms. The van der Waals surface area contributed by atoms with Crippen molar-refractivity contribution >= 4 is 23.3 Å². The van der Waals surface area contributed by atoms with Crippen molar-refractivity contribution in [2.24, 2.45) is 4.99 Å². The number of amidine groups is 1. The van der Waals surface area contributed by atoms with Gasteiger partial charge in [0.15, 0.2) is 0 Å². The molecule has 0 aliphatic carbocycles. The van der Waals surface area contributed by atoms with Crippen LogP contribution in [0, 0.1) is 0 Å². The molecule has 0 atom stereocenters. The van der Waals surface area contributed by atoms with Gasteiger partial charge in [0.05, 0.1) is 6.54 Å². The van der Waals surface area contributed by atoms with E-state index in [0.717, 1.165) is 11.5 Å². The van der Waals surface area contributed by atoms with E-state index in [-0.39, 0.29) is 0 Å². The average Bonchev–Trinajstić information content (AvgIpc) is 2.72. The lowest BCUT2D eigenvalue weighted by Crippen LogP contribution is -2.24. The van der Waals surface area contributed by atoms with Gasteiger partial charge in [-0.15, -0.1) is 0 Å². The van der Waals surface area contributed by atoms with Crippen molar-refractivity contribution in [3.05, 3.63) is 108 Å². The minimum absolute atomic E-state index is 0.660. The molecule has 130 valence electrons. The number of rotatable bonds is 6. The van der Waals surface area contributed by atoms with Crippen LogP contribution in [0.15, 0.2) is 112 Å². The van der Waals surface area contributed by atoms with Crippen molar-refractivity contribution in [1.82, 2.24) is 0 Å². The van der Waals surface area contributed by atoms with Crippen molar-refractivity contribution in [2.45, 2.75) is 11.4 Å². The van der Waals surface area contributed by atoms with Crippen LogP contribution in [0.2, 0.25) is 0 Å². The van der Waals surface area contributed by atoms with Gasteiger partial charge in [-0.25, -0.2) is 0 Å². The van der Waals surface area contributed by atoms with Crippen LogP contribution in [-0.4, -0.2) is 12.9 Å². The van der Waals surface area contributed by atoms with Gasteiger partial charge < -0.3 is 4.90 Å². The van der Waals surface area contributed by atoms with E-state index in [1.54, 1.807) is 11.8 Å². The van der Waals surface area contributed by atoms with E-state index in [2.05, 4.69) is 72.0 Å². The zero-order valence-corrected chi connectivity index (χ0v) is 15.6. The molecule has 0 fully saturated rings. The van der Waals surface area contributed by atoms with Crippen molar-refractivity contribution in [3.8, 4) is 0 Å². The third kappa shape index (κ3) is 5.36. The Bertz CT molecular complexity index is 843. The number of benzene rings is 3. The van der Waals surface area contributed by atoms with Crippen molar-refractivity contribution in [1.29, 1.82) is 0 Å². The van der Waals surface area contributed by atoms with E-state index in [9.17, 15) is 0 Å². The lowest BCUT2D eigenvalue weighted by Gasteiger charge is -2.19. The Morgan fingerprint density at radius 2 is 1.42 bits per heavy atom. The largest absolute Gasteiger partial charge is 0.330 e. The Kier molecular flexibility index (Phi) is 6.68. The summed E-state index contributed by atoms with van der Waals surface area (Å²) in [6, 6.07) is 31.0. The smallest absolute Gasteiger partial charge is 0.128 e. The Morgan fingerprint density at radius 3 is 2.08 bits per heavy atom. The highest BCUT2D eigenvalue weighted by atomic mass is 32.2. The van der Waals surface area contributed by atoms with E-state index in [4.69, 9.17) is 4.99 Å². The molecule has 0 amide bonds. The van der Waals surface area contributed by atoms with Crippen LogP contribution in [0.4, 0.5) is 5.69 Å². The minimum atomic E-state index is 0.660. The molecule has 3 aromatic carbocycles. The molecule has 0 saturated heterocycles. The highest BCUT2D eigenvalue weighted by molar-refractivity contribution is 8.02. The zero-order chi connectivity index (χ0) is 18.0. The van der Waals surface area contributed by atoms with Crippen LogP contribution in [0.5, 0.6) is 0 Å². The highest BCUT2D eigenvalue weighted by Gasteiger charge is 2.05. The first-order chi connectivity index (χ1) is 12.8.